The normalized spacial score (nSPS) is 20.8. The molecule has 1 fully saturated rings. The Morgan fingerprint density at radius 2 is 2.10 bits per heavy atom. The van der Waals surface area contributed by atoms with Crippen LogP contribution in [0.5, 0.6) is 0 Å². The minimum absolute atomic E-state index is 0.208. The first-order chi connectivity index (χ1) is 9.73. The number of carbonyl (C=O) groups is 2. The van der Waals surface area contributed by atoms with Gasteiger partial charge in [-0.15, -0.1) is 0 Å². The van der Waals surface area contributed by atoms with Gasteiger partial charge in [-0.1, -0.05) is 6.92 Å². The predicted molar refractivity (Wildman–Crippen MR) is 79.8 cm³/mol. The lowest BCUT2D eigenvalue weighted by atomic mass is 9.97. The average Bonchev–Trinajstić information content (AvgIpc) is 2.42. The highest BCUT2D eigenvalue weighted by Crippen LogP contribution is 2.17. The number of likely N-dealkylation sites (tertiary alicyclic amines) is 1. The third-order valence-corrected chi connectivity index (χ3v) is 3.44. The van der Waals surface area contributed by atoms with Crippen LogP contribution in [0.1, 0.15) is 47.0 Å². The largest absolute Gasteiger partial charge is 0.444 e. The molecule has 0 unspecified atom stereocenters. The lowest BCUT2D eigenvalue weighted by Crippen LogP contribution is -2.47. The first-order valence-corrected chi connectivity index (χ1v) is 7.66. The summed E-state index contributed by atoms with van der Waals surface area (Å²) in [4.78, 5) is 25.3. The summed E-state index contributed by atoms with van der Waals surface area (Å²) in [6.07, 6.45) is 0.933. The number of hydrogen-bond donors (Lipinski definition) is 2. The van der Waals surface area contributed by atoms with Crippen LogP contribution in [0.25, 0.3) is 0 Å². The number of nitrogens with zero attached hydrogens (tertiary/aromatic N) is 1. The fraction of sp³-hybridized carbons (Fsp3) is 0.867. The molecule has 1 aliphatic rings. The van der Waals surface area contributed by atoms with E-state index in [2.05, 4.69) is 5.32 Å². The van der Waals surface area contributed by atoms with E-state index < -0.39 is 17.8 Å². The molecular weight excluding hydrogens is 272 g/mol. The van der Waals surface area contributed by atoms with E-state index in [1.54, 1.807) is 11.8 Å². The lowest BCUT2D eigenvalue weighted by molar-refractivity contribution is -0.142. The Kier molecular flexibility index (Phi) is 6.45. The van der Waals surface area contributed by atoms with Crippen LogP contribution in [0, 0.1) is 5.92 Å². The second-order valence-electron chi connectivity index (χ2n) is 6.60. The van der Waals surface area contributed by atoms with Crippen molar-refractivity contribution in [2.24, 2.45) is 5.92 Å². The maximum Gasteiger partial charge on any atom is 0.407 e. The molecule has 0 aliphatic carbocycles. The molecule has 2 amide bonds. The summed E-state index contributed by atoms with van der Waals surface area (Å²) < 4.78 is 5.19. The van der Waals surface area contributed by atoms with Crippen LogP contribution in [-0.4, -0.2) is 53.3 Å². The molecule has 0 bridgehead atoms. The van der Waals surface area contributed by atoms with Crippen LogP contribution in [0.4, 0.5) is 4.79 Å². The van der Waals surface area contributed by atoms with Crippen molar-refractivity contribution in [1.29, 1.82) is 0 Å². The zero-order valence-electron chi connectivity index (χ0n) is 13.5. The summed E-state index contributed by atoms with van der Waals surface area (Å²) in [6.45, 7) is 8.98. The summed E-state index contributed by atoms with van der Waals surface area (Å²) in [5.41, 5.74) is -0.510. The van der Waals surface area contributed by atoms with Gasteiger partial charge in [0.2, 0.25) is 0 Å². The monoisotopic (exact) mass is 300 g/mol. The Morgan fingerprint density at radius 3 is 2.67 bits per heavy atom. The van der Waals surface area contributed by atoms with Crippen LogP contribution in [0.3, 0.4) is 0 Å². The predicted octanol–water partition coefficient (Wildman–Crippen LogP) is 1.52. The highest BCUT2D eigenvalue weighted by atomic mass is 16.6. The van der Waals surface area contributed by atoms with Gasteiger partial charge in [-0.05, 0) is 46.0 Å². The van der Waals surface area contributed by atoms with Gasteiger partial charge >= 0.3 is 6.09 Å². The van der Waals surface area contributed by atoms with Gasteiger partial charge in [-0.25, -0.2) is 4.79 Å². The number of alkyl carbamates (subject to hydrolysis) is 1. The molecule has 6 nitrogen and oxygen atoms in total. The Labute approximate surface area is 126 Å². The molecule has 0 spiro atoms. The smallest absolute Gasteiger partial charge is 0.407 e. The first-order valence-electron chi connectivity index (χ1n) is 7.66. The van der Waals surface area contributed by atoms with Crippen LogP contribution in [-0.2, 0) is 9.53 Å². The molecule has 0 saturated carbocycles. The lowest BCUT2D eigenvalue weighted by Gasteiger charge is -2.34. The number of amides is 2. The summed E-state index contributed by atoms with van der Waals surface area (Å²) in [5, 5.41) is 12.4. The van der Waals surface area contributed by atoms with Gasteiger partial charge in [0, 0.05) is 19.6 Å². The second-order valence-corrected chi connectivity index (χ2v) is 6.60. The van der Waals surface area contributed by atoms with E-state index >= 15 is 0 Å². The van der Waals surface area contributed by atoms with Gasteiger partial charge in [-0.3, -0.25) is 4.79 Å². The molecular formula is C15H28N2O4. The Balaban J connectivity index is 2.40. The van der Waals surface area contributed by atoms with Crippen molar-refractivity contribution in [3.8, 4) is 0 Å². The quantitative estimate of drug-likeness (QED) is 0.825. The van der Waals surface area contributed by atoms with E-state index in [-0.39, 0.29) is 11.8 Å². The molecule has 0 aromatic heterocycles. The minimum atomic E-state index is -0.914. The van der Waals surface area contributed by atoms with E-state index in [1.165, 1.54) is 0 Å². The number of aliphatic hydroxyl groups is 1. The van der Waals surface area contributed by atoms with Gasteiger partial charge in [-0.2, -0.15) is 0 Å². The number of aliphatic hydroxyl groups excluding tert-OH is 1. The zero-order chi connectivity index (χ0) is 16.0. The minimum Gasteiger partial charge on any atom is -0.444 e. The van der Waals surface area contributed by atoms with Crippen molar-refractivity contribution >= 4 is 12.0 Å². The number of hydrogen-bond acceptors (Lipinski definition) is 4. The summed E-state index contributed by atoms with van der Waals surface area (Å²) >= 11 is 0. The van der Waals surface area contributed by atoms with Gasteiger partial charge in [0.1, 0.15) is 11.7 Å². The van der Waals surface area contributed by atoms with E-state index in [1.807, 2.05) is 20.8 Å². The van der Waals surface area contributed by atoms with Crippen molar-refractivity contribution < 1.29 is 19.4 Å². The van der Waals surface area contributed by atoms with Gasteiger partial charge < -0.3 is 20.1 Å². The number of piperidine rings is 1. The summed E-state index contributed by atoms with van der Waals surface area (Å²) in [6, 6.07) is 0. The number of carbonyl (C=O) groups excluding carboxylic acids is 2. The number of rotatable bonds is 4. The van der Waals surface area contributed by atoms with Crippen molar-refractivity contribution in [3.05, 3.63) is 0 Å². The molecule has 2 N–H and O–H groups in total. The SMILES string of the molecule is CC[C@H](O)C(=O)N1CCC[C@@H](CNC(=O)OC(C)(C)C)C1. The molecule has 1 heterocycles. The third kappa shape index (κ3) is 6.33. The topological polar surface area (TPSA) is 78.9 Å². The summed E-state index contributed by atoms with van der Waals surface area (Å²) in [5.74, 6) is -0.00116. The highest BCUT2D eigenvalue weighted by molar-refractivity contribution is 5.80. The van der Waals surface area contributed by atoms with E-state index in [4.69, 9.17) is 4.74 Å². The molecule has 1 aliphatic heterocycles. The standard InChI is InChI=1S/C15H28N2O4/c1-5-12(18)13(19)17-8-6-7-11(10-17)9-16-14(20)21-15(2,3)4/h11-12,18H,5-10H2,1-4H3,(H,16,20)/t11-,12-/m0/s1. The van der Waals surface area contributed by atoms with Crippen molar-refractivity contribution in [1.82, 2.24) is 10.2 Å². The molecule has 0 radical (unpaired) electrons. The van der Waals surface area contributed by atoms with Crippen molar-refractivity contribution in [2.75, 3.05) is 19.6 Å². The fourth-order valence-corrected chi connectivity index (χ4v) is 2.36. The number of ether oxygens (including phenoxy) is 1. The third-order valence-electron chi connectivity index (χ3n) is 3.44. The van der Waals surface area contributed by atoms with Crippen LogP contribution >= 0.6 is 0 Å². The molecule has 1 saturated heterocycles. The summed E-state index contributed by atoms with van der Waals surface area (Å²) in [7, 11) is 0. The maximum absolute atomic E-state index is 12.0. The van der Waals surface area contributed by atoms with E-state index in [9.17, 15) is 14.7 Å². The molecule has 21 heavy (non-hydrogen) atoms. The fourth-order valence-electron chi connectivity index (χ4n) is 2.36. The molecule has 6 heteroatoms. The first kappa shape index (κ1) is 17.8. The molecule has 122 valence electrons. The molecule has 0 aromatic rings. The van der Waals surface area contributed by atoms with Gasteiger partial charge in [0.15, 0.2) is 0 Å². The Hall–Kier alpha value is -1.30. The molecule has 1 rings (SSSR count). The zero-order valence-corrected chi connectivity index (χ0v) is 13.5. The molecule has 2 atom stereocenters. The average molecular weight is 300 g/mol. The Bertz CT molecular complexity index is 365. The highest BCUT2D eigenvalue weighted by Gasteiger charge is 2.27. The van der Waals surface area contributed by atoms with Crippen LogP contribution in [0.2, 0.25) is 0 Å². The van der Waals surface area contributed by atoms with Crippen LogP contribution < -0.4 is 5.32 Å². The second kappa shape index (κ2) is 7.64. The van der Waals surface area contributed by atoms with E-state index in [0.717, 1.165) is 12.8 Å². The van der Waals surface area contributed by atoms with Crippen molar-refractivity contribution in [2.45, 2.75) is 58.7 Å². The maximum atomic E-state index is 12.0. The van der Waals surface area contributed by atoms with Gasteiger partial charge in [0.25, 0.3) is 5.91 Å². The van der Waals surface area contributed by atoms with Gasteiger partial charge in [0.05, 0.1) is 0 Å². The van der Waals surface area contributed by atoms with Crippen LogP contribution in [0.15, 0.2) is 0 Å². The molecule has 0 aromatic carbocycles. The van der Waals surface area contributed by atoms with Crippen molar-refractivity contribution in [3.63, 3.8) is 0 Å². The number of nitrogens with one attached hydrogen (secondary N) is 1. The Morgan fingerprint density at radius 1 is 1.43 bits per heavy atom. The van der Waals surface area contributed by atoms with E-state index in [0.29, 0.717) is 26.1 Å².